The van der Waals surface area contributed by atoms with E-state index in [4.69, 9.17) is 0 Å². The largest absolute Gasteiger partial charge is 0.361 e. The Bertz CT molecular complexity index is 643. The quantitative estimate of drug-likeness (QED) is 0.713. The SMILES string of the molecule is Brc1cccnc1-c1cccc2[nH]ccc12. The number of nitrogens with zero attached hydrogens (tertiary/aromatic N) is 1. The zero-order chi connectivity index (χ0) is 11.0. The number of aromatic amines is 1. The molecule has 0 bridgehead atoms. The number of nitrogens with one attached hydrogen (secondary N) is 1. The normalized spacial score (nSPS) is 10.8. The van der Waals surface area contributed by atoms with Gasteiger partial charge in [-0.15, -0.1) is 0 Å². The second kappa shape index (κ2) is 3.76. The van der Waals surface area contributed by atoms with E-state index in [1.165, 1.54) is 5.39 Å². The summed E-state index contributed by atoms with van der Waals surface area (Å²) >= 11 is 3.53. The van der Waals surface area contributed by atoms with Crippen LogP contribution in [0.1, 0.15) is 0 Å². The van der Waals surface area contributed by atoms with Crippen LogP contribution in [0.4, 0.5) is 0 Å². The predicted octanol–water partition coefficient (Wildman–Crippen LogP) is 3.99. The minimum atomic E-state index is 0.979. The van der Waals surface area contributed by atoms with E-state index in [9.17, 15) is 0 Å². The van der Waals surface area contributed by atoms with Gasteiger partial charge in [0.05, 0.1) is 5.69 Å². The number of halogens is 1. The summed E-state index contributed by atoms with van der Waals surface area (Å²) < 4.78 is 1.02. The van der Waals surface area contributed by atoms with Gasteiger partial charge >= 0.3 is 0 Å². The fourth-order valence-corrected chi connectivity index (χ4v) is 2.34. The Morgan fingerprint density at radius 2 is 2.00 bits per heavy atom. The summed E-state index contributed by atoms with van der Waals surface area (Å²) in [6.45, 7) is 0. The van der Waals surface area contributed by atoms with Gasteiger partial charge in [0.25, 0.3) is 0 Å². The molecule has 0 atom stereocenters. The Kier molecular flexibility index (Phi) is 2.26. The van der Waals surface area contributed by atoms with E-state index in [1.54, 1.807) is 0 Å². The van der Waals surface area contributed by atoms with E-state index < -0.39 is 0 Å². The first-order valence-corrected chi connectivity index (χ1v) is 5.82. The standard InChI is InChI=1S/C13H9BrN2/c14-11-4-2-7-16-13(11)10-3-1-5-12-9(10)6-8-15-12/h1-8,15H. The van der Waals surface area contributed by atoms with Gasteiger partial charge in [-0.25, -0.2) is 0 Å². The highest BCUT2D eigenvalue weighted by atomic mass is 79.9. The topological polar surface area (TPSA) is 28.7 Å². The third-order valence-corrected chi connectivity index (χ3v) is 3.25. The van der Waals surface area contributed by atoms with Crippen molar-refractivity contribution in [3.05, 3.63) is 53.3 Å². The van der Waals surface area contributed by atoms with Crippen LogP contribution in [-0.4, -0.2) is 9.97 Å². The average molecular weight is 273 g/mol. The molecule has 78 valence electrons. The summed E-state index contributed by atoms with van der Waals surface area (Å²) in [4.78, 5) is 7.62. The molecule has 0 aliphatic carbocycles. The summed E-state index contributed by atoms with van der Waals surface area (Å²) in [6, 6.07) is 12.2. The number of fused-ring (bicyclic) bond motifs is 1. The Balaban J connectivity index is 2.34. The maximum Gasteiger partial charge on any atom is 0.0850 e. The third-order valence-electron chi connectivity index (χ3n) is 2.61. The van der Waals surface area contributed by atoms with E-state index in [0.717, 1.165) is 21.2 Å². The fourth-order valence-electron chi connectivity index (χ4n) is 1.88. The molecule has 0 aliphatic heterocycles. The summed E-state index contributed by atoms with van der Waals surface area (Å²) in [6.07, 6.45) is 3.76. The number of H-pyrrole nitrogens is 1. The van der Waals surface area contributed by atoms with Crippen LogP contribution in [0.2, 0.25) is 0 Å². The summed E-state index contributed by atoms with van der Waals surface area (Å²) in [5, 5.41) is 1.20. The lowest BCUT2D eigenvalue weighted by Crippen LogP contribution is -1.84. The zero-order valence-corrected chi connectivity index (χ0v) is 10.0. The van der Waals surface area contributed by atoms with Crippen molar-refractivity contribution in [2.75, 3.05) is 0 Å². The van der Waals surface area contributed by atoms with Gasteiger partial charge in [-0.2, -0.15) is 0 Å². The van der Waals surface area contributed by atoms with Crippen molar-refractivity contribution >= 4 is 26.8 Å². The summed E-state index contributed by atoms with van der Waals surface area (Å²) in [5.41, 5.74) is 3.26. The number of pyridine rings is 1. The number of hydrogen-bond donors (Lipinski definition) is 1. The molecule has 1 aromatic carbocycles. The van der Waals surface area contributed by atoms with Crippen molar-refractivity contribution in [3.63, 3.8) is 0 Å². The maximum atomic E-state index is 4.42. The second-order valence-corrected chi connectivity index (χ2v) is 4.43. The van der Waals surface area contributed by atoms with Crippen LogP contribution in [0.3, 0.4) is 0 Å². The van der Waals surface area contributed by atoms with E-state index in [-0.39, 0.29) is 0 Å². The lowest BCUT2D eigenvalue weighted by Gasteiger charge is -2.04. The second-order valence-electron chi connectivity index (χ2n) is 3.58. The lowest BCUT2D eigenvalue weighted by molar-refractivity contribution is 1.31. The summed E-state index contributed by atoms with van der Waals surface area (Å²) in [5.74, 6) is 0. The smallest absolute Gasteiger partial charge is 0.0850 e. The van der Waals surface area contributed by atoms with E-state index in [0.29, 0.717) is 0 Å². The van der Waals surface area contributed by atoms with E-state index in [1.807, 2.05) is 30.6 Å². The molecule has 16 heavy (non-hydrogen) atoms. The maximum absolute atomic E-state index is 4.42. The van der Waals surface area contributed by atoms with Crippen LogP contribution < -0.4 is 0 Å². The molecule has 0 amide bonds. The molecule has 0 fully saturated rings. The lowest BCUT2D eigenvalue weighted by atomic mass is 10.1. The number of hydrogen-bond acceptors (Lipinski definition) is 1. The molecule has 0 radical (unpaired) electrons. The molecule has 0 aliphatic rings. The molecule has 0 unspecified atom stereocenters. The zero-order valence-electron chi connectivity index (χ0n) is 8.44. The Labute approximate surface area is 101 Å². The van der Waals surface area contributed by atoms with Gasteiger partial charge in [0.1, 0.15) is 0 Å². The highest BCUT2D eigenvalue weighted by Gasteiger charge is 2.07. The number of aromatic nitrogens is 2. The monoisotopic (exact) mass is 272 g/mol. The average Bonchev–Trinajstić information content (AvgIpc) is 2.77. The first-order valence-electron chi connectivity index (χ1n) is 5.03. The first kappa shape index (κ1) is 9.60. The minimum absolute atomic E-state index is 0.979. The van der Waals surface area contributed by atoms with Gasteiger partial charge in [0, 0.05) is 33.3 Å². The number of rotatable bonds is 1. The van der Waals surface area contributed by atoms with Crippen LogP contribution >= 0.6 is 15.9 Å². The highest BCUT2D eigenvalue weighted by molar-refractivity contribution is 9.10. The minimum Gasteiger partial charge on any atom is -0.361 e. The van der Waals surface area contributed by atoms with Crippen molar-refractivity contribution in [1.82, 2.24) is 9.97 Å². The Morgan fingerprint density at radius 3 is 2.88 bits per heavy atom. The van der Waals surface area contributed by atoms with Gasteiger partial charge < -0.3 is 4.98 Å². The van der Waals surface area contributed by atoms with E-state index >= 15 is 0 Å². The molecule has 3 aromatic rings. The van der Waals surface area contributed by atoms with Crippen molar-refractivity contribution < 1.29 is 0 Å². The molecular weight excluding hydrogens is 264 g/mol. The molecule has 3 rings (SSSR count). The van der Waals surface area contributed by atoms with Crippen molar-refractivity contribution in [2.24, 2.45) is 0 Å². The van der Waals surface area contributed by atoms with Gasteiger partial charge in [-0.3, -0.25) is 4.98 Å². The molecule has 1 N–H and O–H groups in total. The van der Waals surface area contributed by atoms with Crippen LogP contribution in [0, 0.1) is 0 Å². The third kappa shape index (κ3) is 1.44. The molecule has 2 nitrogen and oxygen atoms in total. The molecule has 0 saturated carbocycles. The highest BCUT2D eigenvalue weighted by Crippen LogP contribution is 2.31. The number of benzene rings is 1. The van der Waals surface area contributed by atoms with Crippen LogP contribution in [0.25, 0.3) is 22.2 Å². The van der Waals surface area contributed by atoms with Crippen LogP contribution in [-0.2, 0) is 0 Å². The predicted molar refractivity (Wildman–Crippen MR) is 69.2 cm³/mol. The molecule has 2 heterocycles. The van der Waals surface area contributed by atoms with Crippen molar-refractivity contribution in [2.45, 2.75) is 0 Å². The van der Waals surface area contributed by atoms with Gasteiger partial charge in [-0.05, 0) is 40.2 Å². The van der Waals surface area contributed by atoms with Crippen LogP contribution in [0.5, 0.6) is 0 Å². The first-order chi connectivity index (χ1) is 7.86. The summed E-state index contributed by atoms with van der Waals surface area (Å²) in [7, 11) is 0. The van der Waals surface area contributed by atoms with Gasteiger partial charge in [0.15, 0.2) is 0 Å². The fraction of sp³-hybridized carbons (Fsp3) is 0. The molecule has 0 spiro atoms. The Hall–Kier alpha value is -1.61. The van der Waals surface area contributed by atoms with Crippen molar-refractivity contribution in [1.29, 1.82) is 0 Å². The van der Waals surface area contributed by atoms with Gasteiger partial charge in [-0.1, -0.05) is 12.1 Å². The van der Waals surface area contributed by atoms with E-state index in [2.05, 4.69) is 44.1 Å². The molecular formula is C13H9BrN2. The molecule has 2 aromatic heterocycles. The van der Waals surface area contributed by atoms with Crippen LogP contribution in [0.15, 0.2) is 53.3 Å². The molecule has 0 saturated heterocycles. The van der Waals surface area contributed by atoms with Crippen molar-refractivity contribution in [3.8, 4) is 11.3 Å². The molecule has 3 heteroatoms. The van der Waals surface area contributed by atoms with Gasteiger partial charge in [0.2, 0.25) is 0 Å². The Morgan fingerprint density at radius 1 is 1.06 bits per heavy atom.